The van der Waals surface area contributed by atoms with Crippen LogP contribution in [0.15, 0.2) is 36.4 Å². The zero-order valence-electron chi connectivity index (χ0n) is 18.4. The molecule has 5 rings (SSSR count). The first kappa shape index (κ1) is 20.7. The van der Waals surface area contributed by atoms with Crippen molar-refractivity contribution in [2.24, 2.45) is 0 Å². The Labute approximate surface area is 184 Å². The first-order valence-electron chi connectivity index (χ1n) is 11.7. The number of fused-ring (bicyclic) bond motifs is 1. The van der Waals surface area contributed by atoms with Crippen LogP contribution in [0.25, 0.3) is 0 Å². The average molecular weight is 422 g/mol. The predicted octanol–water partition coefficient (Wildman–Crippen LogP) is 4.22. The smallest absolute Gasteiger partial charge is 0.254 e. The molecule has 2 saturated heterocycles. The van der Waals surface area contributed by atoms with Crippen LogP contribution in [0.1, 0.15) is 64.2 Å². The number of hydrogen-bond acceptors (Lipinski definition) is 3. The fourth-order valence-corrected chi connectivity index (χ4v) is 5.43. The summed E-state index contributed by atoms with van der Waals surface area (Å²) in [6.07, 6.45) is 4.46. The van der Waals surface area contributed by atoms with Crippen molar-refractivity contribution in [2.45, 2.75) is 57.7 Å². The number of nitrogens with zero attached hydrogens (tertiary/aromatic N) is 2. The molecule has 1 amide bonds. The van der Waals surface area contributed by atoms with Crippen LogP contribution in [0.3, 0.4) is 0 Å². The van der Waals surface area contributed by atoms with Crippen molar-refractivity contribution < 1.29 is 9.18 Å². The van der Waals surface area contributed by atoms with Gasteiger partial charge in [-0.1, -0.05) is 24.3 Å². The SMILES string of the molecule is Cc1ccc(CN2CCC(c3ccc4c(c3)CN(C3CCCNC3)C4=O)CC2)cc1F. The lowest BCUT2D eigenvalue weighted by Gasteiger charge is -2.32. The van der Waals surface area contributed by atoms with E-state index < -0.39 is 0 Å². The molecule has 2 aromatic rings. The van der Waals surface area contributed by atoms with Gasteiger partial charge in [-0.3, -0.25) is 9.69 Å². The van der Waals surface area contributed by atoms with Crippen molar-refractivity contribution in [2.75, 3.05) is 26.2 Å². The number of amides is 1. The minimum absolute atomic E-state index is 0.113. The Morgan fingerprint density at radius 1 is 1.10 bits per heavy atom. The highest BCUT2D eigenvalue weighted by atomic mass is 19.1. The fraction of sp³-hybridized carbons (Fsp3) is 0.500. The Hall–Kier alpha value is -2.24. The molecule has 2 fully saturated rings. The maximum Gasteiger partial charge on any atom is 0.254 e. The Kier molecular flexibility index (Phi) is 5.81. The lowest BCUT2D eigenvalue weighted by atomic mass is 9.87. The van der Waals surface area contributed by atoms with Gasteiger partial charge < -0.3 is 10.2 Å². The molecule has 0 bridgehead atoms. The lowest BCUT2D eigenvalue weighted by Crippen LogP contribution is -2.46. The van der Waals surface area contributed by atoms with Crippen molar-refractivity contribution >= 4 is 5.91 Å². The zero-order chi connectivity index (χ0) is 21.4. The van der Waals surface area contributed by atoms with Gasteiger partial charge in [-0.25, -0.2) is 4.39 Å². The Morgan fingerprint density at radius 2 is 1.94 bits per heavy atom. The second-order valence-corrected chi connectivity index (χ2v) is 9.48. The van der Waals surface area contributed by atoms with Crippen molar-refractivity contribution in [3.8, 4) is 0 Å². The molecule has 1 unspecified atom stereocenters. The second-order valence-electron chi connectivity index (χ2n) is 9.48. The predicted molar refractivity (Wildman–Crippen MR) is 121 cm³/mol. The van der Waals surface area contributed by atoms with E-state index in [1.54, 1.807) is 13.0 Å². The molecule has 0 saturated carbocycles. The molecular weight excluding hydrogens is 389 g/mol. The van der Waals surface area contributed by atoms with E-state index in [1.165, 1.54) is 11.1 Å². The molecular formula is C26H32FN3O. The van der Waals surface area contributed by atoms with E-state index in [0.717, 1.165) is 76.1 Å². The fourth-order valence-electron chi connectivity index (χ4n) is 5.43. The summed E-state index contributed by atoms with van der Waals surface area (Å²) in [6.45, 7) is 7.40. The summed E-state index contributed by atoms with van der Waals surface area (Å²) in [4.78, 5) is 17.4. The van der Waals surface area contributed by atoms with E-state index in [0.29, 0.717) is 17.5 Å². The van der Waals surface area contributed by atoms with E-state index in [-0.39, 0.29) is 11.7 Å². The number of piperidine rings is 2. The average Bonchev–Trinajstić information content (AvgIpc) is 3.13. The molecule has 31 heavy (non-hydrogen) atoms. The lowest BCUT2D eigenvalue weighted by molar-refractivity contribution is 0.0674. The van der Waals surface area contributed by atoms with Gasteiger partial charge in [-0.15, -0.1) is 0 Å². The van der Waals surface area contributed by atoms with Crippen LogP contribution in [0.5, 0.6) is 0 Å². The highest BCUT2D eigenvalue weighted by Crippen LogP contribution is 2.33. The number of likely N-dealkylation sites (tertiary alicyclic amines) is 1. The van der Waals surface area contributed by atoms with E-state index in [4.69, 9.17) is 0 Å². The topological polar surface area (TPSA) is 35.6 Å². The number of carbonyl (C=O) groups is 1. The first-order valence-corrected chi connectivity index (χ1v) is 11.7. The van der Waals surface area contributed by atoms with E-state index in [9.17, 15) is 9.18 Å². The quantitative estimate of drug-likeness (QED) is 0.803. The van der Waals surface area contributed by atoms with E-state index in [2.05, 4.69) is 33.3 Å². The van der Waals surface area contributed by atoms with Crippen LogP contribution in [0.4, 0.5) is 4.39 Å². The maximum atomic E-state index is 13.9. The summed E-state index contributed by atoms with van der Waals surface area (Å²) in [5.41, 5.74) is 5.22. The molecule has 4 nitrogen and oxygen atoms in total. The molecule has 164 valence electrons. The minimum Gasteiger partial charge on any atom is -0.330 e. The van der Waals surface area contributed by atoms with Crippen LogP contribution in [-0.2, 0) is 13.1 Å². The van der Waals surface area contributed by atoms with Gasteiger partial charge in [0.25, 0.3) is 5.91 Å². The van der Waals surface area contributed by atoms with Crippen molar-refractivity contribution in [1.82, 2.24) is 15.1 Å². The standard InChI is InChI=1S/C26H32FN3O/c1-18-4-5-19(13-25(18)27)16-29-11-8-20(9-12-29)21-6-7-24-22(14-21)17-30(26(24)31)23-3-2-10-28-15-23/h4-7,13-14,20,23,28H,2-3,8-12,15-17H2,1H3. The monoisotopic (exact) mass is 421 g/mol. The van der Waals surface area contributed by atoms with Crippen LogP contribution in [0.2, 0.25) is 0 Å². The number of halogens is 1. The summed E-state index contributed by atoms with van der Waals surface area (Å²) < 4.78 is 13.9. The van der Waals surface area contributed by atoms with Gasteiger partial charge in [0.15, 0.2) is 0 Å². The molecule has 0 aliphatic carbocycles. The molecule has 5 heteroatoms. The van der Waals surface area contributed by atoms with Gasteiger partial charge in [0, 0.05) is 31.2 Å². The van der Waals surface area contributed by atoms with Crippen LogP contribution >= 0.6 is 0 Å². The summed E-state index contributed by atoms with van der Waals surface area (Å²) in [5, 5.41) is 3.43. The van der Waals surface area contributed by atoms with Crippen LogP contribution in [-0.4, -0.2) is 47.9 Å². The maximum absolute atomic E-state index is 13.9. The van der Waals surface area contributed by atoms with Gasteiger partial charge >= 0.3 is 0 Å². The van der Waals surface area contributed by atoms with Crippen molar-refractivity contribution in [1.29, 1.82) is 0 Å². The number of carbonyl (C=O) groups excluding carboxylic acids is 1. The van der Waals surface area contributed by atoms with Gasteiger partial charge in [0.05, 0.1) is 0 Å². The van der Waals surface area contributed by atoms with Gasteiger partial charge in [-0.05, 0) is 92.5 Å². The Balaban J connectivity index is 1.21. The molecule has 0 aromatic heterocycles. The Bertz CT molecular complexity index is 961. The van der Waals surface area contributed by atoms with Gasteiger partial charge in [-0.2, -0.15) is 0 Å². The molecule has 3 heterocycles. The molecule has 3 aliphatic heterocycles. The van der Waals surface area contributed by atoms with Crippen LogP contribution in [0, 0.1) is 12.7 Å². The number of benzene rings is 2. The third-order valence-electron chi connectivity index (χ3n) is 7.37. The van der Waals surface area contributed by atoms with Crippen molar-refractivity contribution in [3.05, 3.63) is 70.0 Å². The molecule has 1 N–H and O–H groups in total. The summed E-state index contributed by atoms with van der Waals surface area (Å²) in [7, 11) is 0. The number of aryl methyl sites for hydroxylation is 1. The van der Waals surface area contributed by atoms with E-state index in [1.807, 2.05) is 12.1 Å². The summed E-state index contributed by atoms with van der Waals surface area (Å²) in [5.74, 6) is 0.630. The third kappa shape index (κ3) is 4.26. The summed E-state index contributed by atoms with van der Waals surface area (Å²) in [6, 6.07) is 12.4. The molecule has 0 radical (unpaired) electrons. The van der Waals surface area contributed by atoms with Gasteiger partial charge in [0.1, 0.15) is 5.82 Å². The zero-order valence-corrected chi connectivity index (χ0v) is 18.4. The number of hydrogen-bond donors (Lipinski definition) is 1. The number of rotatable bonds is 4. The molecule has 1 atom stereocenters. The van der Waals surface area contributed by atoms with Crippen molar-refractivity contribution in [3.63, 3.8) is 0 Å². The minimum atomic E-state index is -0.113. The highest BCUT2D eigenvalue weighted by molar-refractivity contribution is 5.98. The number of nitrogens with one attached hydrogen (secondary N) is 1. The normalized spacial score (nSPS) is 22.7. The second kappa shape index (κ2) is 8.71. The van der Waals surface area contributed by atoms with Gasteiger partial charge in [0.2, 0.25) is 0 Å². The molecule has 2 aromatic carbocycles. The summed E-state index contributed by atoms with van der Waals surface area (Å²) >= 11 is 0. The largest absolute Gasteiger partial charge is 0.330 e. The van der Waals surface area contributed by atoms with Crippen LogP contribution < -0.4 is 5.32 Å². The molecule has 3 aliphatic rings. The highest BCUT2D eigenvalue weighted by Gasteiger charge is 2.34. The van der Waals surface area contributed by atoms with E-state index >= 15 is 0 Å². The molecule has 0 spiro atoms. The Morgan fingerprint density at radius 3 is 2.68 bits per heavy atom. The third-order valence-corrected chi connectivity index (χ3v) is 7.37. The first-order chi connectivity index (χ1) is 15.1.